The van der Waals surface area contributed by atoms with Gasteiger partial charge < -0.3 is 15.5 Å². The Bertz CT molecular complexity index is 896. The van der Waals surface area contributed by atoms with Gasteiger partial charge in [-0.15, -0.1) is 0 Å². The molecule has 1 unspecified atom stereocenters. The topological polar surface area (TPSA) is 95.3 Å². The molecule has 1 amide bonds. The second-order valence-corrected chi connectivity index (χ2v) is 5.86. The monoisotopic (exact) mass is 349 g/mol. The van der Waals surface area contributed by atoms with Crippen LogP contribution in [0.4, 0.5) is 0 Å². The van der Waals surface area contributed by atoms with Crippen molar-refractivity contribution >= 4 is 5.91 Å². The molecule has 3 rings (SSSR count). The Morgan fingerprint density at radius 2 is 1.81 bits per heavy atom. The van der Waals surface area contributed by atoms with Crippen molar-refractivity contribution in [3.05, 3.63) is 77.7 Å². The molecule has 0 saturated heterocycles. The van der Waals surface area contributed by atoms with Crippen molar-refractivity contribution in [3.8, 4) is 17.0 Å². The van der Waals surface area contributed by atoms with Crippen molar-refractivity contribution in [2.75, 3.05) is 6.54 Å². The molecule has 0 spiro atoms. The van der Waals surface area contributed by atoms with Crippen LogP contribution in [-0.4, -0.2) is 32.6 Å². The lowest BCUT2D eigenvalue weighted by Crippen LogP contribution is -2.29. The summed E-state index contributed by atoms with van der Waals surface area (Å²) in [6.07, 6.45) is 0.610. The second-order valence-electron chi connectivity index (χ2n) is 5.86. The van der Waals surface area contributed by atoms with E-state index in [0.717, 1.165) is 5.56 Å². The van der Waals surface area contributed by atoms with E-state index in [9.17, 15) is 15.0 Å². The van der Waals surface area contributed by atoms with Crippen molar-refractivity contribution in [1.82, 2.24) is 15.3 Å². The quantitative estimate of drug-likeness (QED) is 0.658. The molecule has 1 atom stereocenters. The van der Waals surface area contributed by atoms with Gasteiger partial charge in [0.2, 0.25) is 0 Å². The highest BCUT2D eigenvalue weighted by Crippen LogP contribution is 2.21. The number of phenols is 1. The lowest BCUT2D eigenvalue weighted by atomic mass is 10.1. The fraction of sp³-hybridized carbons (Fsp3) is 0.150. The van der Waals surface area contributed by atoms with Gasteiger partial charge in [-0.1, -0.05) is 42.5 Å². The number of nitrogens with zero attached hydrogens (tertiary/aromatic N) is 2. The van der Waals surface area contributed by atoms with Crippen LogP contribution in [0.1, 0.15) is 27.8 Å². The molecule has 0 aliphatic heterocycles. The van der Waals surface area contributed by atoms with Crippen LogP contribution < -0.4 is 5.32 Å². The highest BCUT2D eigenvalue weighted by molar-refractivity contribution is 5.99. The number of carbonyl (C=O) groups excluding carboxylic acids is 1. The first kappa shape index (κ1) is 17.6. The van der Waals surface area contributed by atoms with E-state index >= 15 is 0 Å². The Labute approximate surface area is 151 Å². The summed E-state index contributed by atoms with van der Waals surface area (Å²) in [5.41, 5.74) is 2.32. The fourth-order valence-corrected chi connectivity index (χ4v) is 2.55. The van der Waals surface area contributed by atoms with Crippen LogP contribution in [0.15, 0.2) is 60.8 Å². The molecule has 1 heterocycles. The molecule has 132 valence electrons. The molecule has 3 aromatic rings. The van der Waals surface area contributed by atoms with E-state index in [-0.39, 0.29) is 18.2 Å². The Kier molecular flexibility index (Phi) is 5.24. The Morgan fingerprint density at radius 3 is 2.50 bits per heavy atom. The van der Waals surface area contributed by atoms with E-state index < -0.39 is 6.10 Å². The molecular weight excluding hydrogens is 330 g/mol. The summed E-state index contributed by atoms with van der Waals surface area (Å²) in [4.78, 5) is 21.1. The minimum atomic E-state index is -0.883. The number of aliphatic hydroxyl groups is 1. The maximum Gasteiger partial charge on any atom is 0.255 e. The minimum absolute atomic E-state index is 0.0334. The predicted octanol–water partition coefficient (Wildman–Crippen LogP) is 2.62. The van der Waals surface area contributed by atoms with E-state index in [1.165, 1.54) is 18.3 Å². The first-order chi connectivity index (χ1) is 12.5. The molecule has 26 heavy (non-hydrogen) atoms. The van der Waals surface area contributed by atoms with Crippen LogP contribution in [-0.2, 0) is 0 Å². The van der Waals surface area contributed by atoms with Gasteiger partial charge in [0.25, 0.3) is 5.91 Å². The first-order valence-corrected chi connectivity index (χ1v) is 8.19. The number of aliphatic hydroxyl groups excluding tert-OH is 1. The van der Waals surface area contributed by atoms with E-state index in [1.54, 1.807) is 19.1 Å². The molecular formula is C20H19N3O3. The largest absolute Gasteiger partial charge is 0.508 e. The molecule has 0 bridgehead atoms. The standard InChI is InChI=1S/C20H19N3O3/c1-13-21-11-17(19(23-13)15-5-3-2-4-6-15)20(26)22-12-18(25)14-7-9-16(24)10-8-14/h2-11,18,24-25H,12H2,1H3,(H,22,26). The van der Waals surface area contributed by atoms with Crippen LogP contribution in [0.2, 0.25) is 0 Å². The number of aromatic nitrogens is 2. The minimum Gasteiger partial charge on any atom is -0.508 e. The number of carbonyl (C=O) groups is 1. The third kappa shape index (κ3) is 4.04. The Morgan fingerprint density at radius 1 is 1.12 bits per heavy atom. The van der Waals surface area contributed by atoms with Crippen LogP contribution in [0, 0.1) is 6.92 Å². The zero-order valence-electron chi connectivity index (χ0n) is 14.3. The van der Waals surface area contributed by atoms with Gasteiger partial charge in [0.05, 0.1) is 17.4 Å². The van der Waals surface area contributed by atoms with Crippen molar-refractivity contribution in [1.29, 1.82) is 0 Å². The number of benzene rings is 2. The van der Waals surface area contributed by atoms with Crippen LogP contribution in [0.5, 0.6) is 5.75 Å². The van der Waals surface area contributed by atoms with Crippen molar-refractivity contribution in [3.63, 3.8) is 0 Å². The molecule has 0 radical (unpaired) electrons. The Hall–Kier alpha value is -3.25. The van der Waals surface area contributed by atoms with Gasteiger partial charge >= 0.3 is 0 Å². The van der Waals surface area contributed by atoms with Crippen molar-refractivity contribution in [2.45, 2.75) is 13.0 Å². The third-order valence-corrected chi connectivity index (χ3v) is 3.93. The average molecular weight is 349 g/mol. The summed E-state index contributed by atoms with van der Waals surface area (Å²) in [5.74, 6) is 0.334. The van der Waals surface area contributed by atoms with Gasteiger partial charge in [0.1, 0.15) is 11.6 Å². The molecule has 6 heteroatoms. The third-order valence-electron chi connectivity index (χ3n) is 3.93. The summed E-state index contributed by atoms with van der Waals surface area (Å²) < 4.78 is 0. The van der Waals surface area contributed by atoms with E-state index in [0.29, 0.717) is 22.6 Å². The van der Waals surface area contributed by atoms with E-state index in [2.05, 4.69) is 15.3 Å². The summed E-state index contributed by atoms with van der Waals surface area (Å²) in [5, 5.41) is 22.2. The molecule has 1 aromatic heterocycles. The number of aryl methyl sites for hydroxylation is 1. The molecule has 3 N–H and O–H groups in total. The van der Waals surface area contributed by atoms with Gasteiger partial charge in [-0.3, -0.25) is 4.79 Å². The zero-order valence-corrected chi connectivity index (χ0v) is 14.3. The summed E-state index contributed by atoms with van der Waals surface area (Å²) >= 11 is 0. The average Bonchev–Trinajstić information content (AvgIpc) is 2.67. The molecule has 6 nitrogen and oxygen atoms in total. The smallest absolute Gasteiger partial charge is 0.255 e. The van der Waals surface area contributed by atoms with Crippen LogP contribution >= 0.6 is 0 Å². The first-order valence-electron chi connectivity index (χ1n) is 8.19. The lowest BCUT2D eigenvalue weighted by molar-refractivity contribution is 0.0916. The van der Waals surface area contributed by atoms with Gasteiger partial charge in [0.15, 0.2) is 0 Å². The zero-order chi connectivity index (χ0) is 18.5. The van der Waals surface area contributed by atoms with Crippen molar-refractivity contribution < 1.29 is 15.0 Å². The molecule has 0 aliphatic carbocycles. The predicted molar refractivity (Wildman–Crippen MR) is 97.6 cm³/mol. The van der Waals surface area contributed by atoms with Gasteiger partial charge in [0, 0.05) is 18.3 Å². The molecule has 0 aliphatic rings. The highest BCUT2D eigenvalue weighted by atomic mass is 16.3. The number of aromatic hydroxyl groups is 1. The normalized spacial score (nSPS) is 11.8. The molecule has 0 fully saturated rings. The van der Waals surface area contributed by atoms with Crippen molar-refractivity contribution in [2.24, 2.45) is 0 Å². The molecule has 0 saturated carbocycles. The second kappa shape index (κ2) is 7.76. The maximum absolute atomic E-state index is 12.6. The number of nitrogens with one attached hydrogen (secondary N) is 1. The van der Waals surface area contributed by atoms with Crippen LogP contribution in [0.25, 0.3) is 11.3 Å². The highest BCUT2D eigenvalue weighted by Gasteiger charge is 2.17. The number of phenolic OH excluding ortho intramolecular Hbond substituents is 1. The van der Waals surface area contributed by atoms with Gasteiger partial charge in [-0.2, -0.15) is 0 Å². The number of amides is 1. The van der Waals surface area contributed by atoms with Gasteiger partial charge in [-0.05, 0) is 24.6 Å². The summed E-state index contributed by atoms with van der Waals surface area (Å²) in [6, 6.07) is 15.6. The number of hydrogen-bond donors (Lipinski definition) is 3. The summed E-state index contributed by atoms with van der Waals surface area (Å²) in [7, 11) is 0. The maximum atomic E-state index is 12.6. The van der Waals surface area contributed by atoms with E-state index in [1.807, 2.05) is 30.3 Å². The Balaban J connectivity index is 1.77. The fourth-order valence-electron chi connectivity index (χ4n) is 2.55. The molecule has 2 aromatic carbocycles. The SMILES string of the molecule is Cc1ncc(C(=O)NCC(O)c2ccc(O)cc2)c(-c2ccccc2)n1. The van der Waals surface area contributed by atoms with Crippen LogP contribution in [0.3, 0.4) is 0 Å². The summed E-state index contributed by atoms with van der Waals surface area (Å²) in [6.45, 7) is 1.80. The van der Waals surface area contributed by atoms with Gasteiger partial charge in [-0.25, -0.2) is 9.97 Å². The lowest BCUT2D eigenvalue weighted by Gasteiger charge is -2.14. The number of rotatable bonds is 5. The van der Waals surface area contributed by atoms with E-state index in [4.69, 9.17) is 0 Å². The number of hydrogen-bond acceptors (Lipinski definition) is 5.